The van der Waals surface area contributed by atoms with E-state index in [4.69, 9.17) is 4.74 Å². The van der Waals surface area contributed by atoms with Gasteiger partial charge >= 0.3 is 5.97 Å². The van der Waals surface area contributed by atoms with E-state index in [-0.39, 0.29) is 19.0 Å². The van der Waals surface area contributed by atoms with E-state index in [1.807, 2.05) is 72.8 Å². The van der Waals surface area contributed by atoms with Crippen molar-refractivity contribution in [2.24, 2.45) is 5.92 Å². The zero-order chi connectivity index (χ0) is 17.5. The molecule has 0 fully saturated rings. The number of hydrogen-bond donors (Lipinski definition) is 0. The van der Waals surface area contributed by atoms with Gasteiger partial charge in [-0.25, -0.2) is 0 Å². The Morgan fingerprint density at radius 1 is 0.920 bits per heavy atom. The third-order valence-corrected chi connectivity index (χ3v) is 4.28. The highest BCUT2D eigenvalue weighted by molar-refractivity contribution is 5.86. The van der Waals surface area contributed by atoms with E-state index in [1.165, 1.54) is 0 Å². The Bertz CT molecular complexity index is 850. The van der Waals surface area contributed by atoms with Crippen LogP contribution in [0.25, 0.3) is 10.8 Å². The smallest absolute Gasteiger partial charge is 0.310 e. The van der Waals surface area contributed by atoms with Crippen molar-refractivity contribution in [1.29, 1.82) is 0 Å². The van der Waals surface area contributed by atoms with Crippen LogP contribution < -0.4 is 0 Å². The molecular weight excluding hydrogens is 312 g/mol. The molecule has 0 bridgehead atoms. The largest absolute Gasteiger partial charge is 0.461 e. The molecule has 3 nitrogen and oxygen atoms in total. The fourth-order valence-electron chi connectivity index (χ4n) is 2.96. The van der Waals surface area contributed by atoms with Crippen LogP contribution in [0.1, 0.15) is 17.5 Å². The molecule has 0 N–H and O–H groups in total. The number of fused-ring (bicyclic) bond motifs is 1. The first-order valence-corrected chi connectivity index (χ1v) is 8.39. The van der Waals surface area contributed by atoms with Crippen LogP contribution in [0, 0.1) is 5.92 Å². The van der Waals surface area contributed by atoms with Crippen molar-refractivity contribution in [1.82, 2.24) is 0 Å². The van der Waals surface area contributed by atoms with Gasteiger partial charge in [0.05, 0.1) is 5.92 Å². The molecule has 3 heteroatoms. The topological polar surface area (TPSA) is 43.4 Å². The number of rotatable bonds is 7. The molecule has 0 aliphatic carbocycles. The molecule has 0 radical (unpaired) electrons. The summed E-state index contributed by atoms with van der Waals surface area (Å²) in [7, 11) is 0. The van der Waals surface area contributed by atoms with Crippen molar-refractivity contribution >= 4 is 23.0 Å². The molecular formula is C22H20O3. The summed E-state index contributed by atoms with van der Waals surface area (Å²) in [4.78, 5) is 23.5. The predicted molar refractivity (Wildman–Crippen MR) is 98.1 cm³/mol. The summed E-state index contributed by atoms with van der Waals surface area (Å²) in [6.07, 6.45) is 1.45. The van der Waals surface area contributed by atoms with Crippen molar-refractivity contribution in [2.45, 2.75) is 19.4 Å². The van der Waals surface area contributed by atoms with Crippen LogP contribution in [0.3, 0.4) is 0 Å². The van der Waals surface area contributed by atoms with Gasteiger partial charge in [0, 0.05) is 6.42 Å². The standard InChI is InChI=1S/C22H20O3/c23-14-13-20(22(24)25-16-17-7-2-1-3-8-17)15-19-11-6-10-18-9-4-5-12-21(18)19/h1-12,14,20H,13,15-16H2. The molecule has 1 atom stereocenters. The third kappa shape index (κ3) is 4.32. The van der Waals surface area contributed by atoms with Crippen LogP contribution in [-0.2, 0) is 27.4 Å². The van der Waals surface area contributed by atoms with E-state index in [1.54, 1.807) is 0 Å². The molecule has 3 aromatic carbocycles. The first kappa shape index (κ1) is 16.9. The molecule has 0 amide bonds. The maximum absolute atomic E-state index is 12.5. The first-order chi connectivity index (χ1) is 12.3. The van der Waals surface area contributed by atoms with Crippen molar-refractivity contribution in [3.63, 3.8) is 0 Å². The summed E-state index contributed by atoms with van der Waals surface area (Å²) in [6, 6.07) is 23.6. The molecule has 1 unspecified atom stereocenters. The summed E-state index contributed by atoms with van der Waals surface area (Å²) < 4.78 is 5.43. The Morgan fingerprint density at radius 3 is 2.44 bits per heavy atom. The van der Waals surface area contributed by atoms with Crippen molar-refractivity contribution in [3.05, 3.63) is 83.9 Å². The number of carbonyl (C=O) groups excluding carboxylic acids is 2. The van der Waals surface area contributed by atoms with Crippen LogP contribution in [0.5, 0.6) is 0 Å². The number of carbonyl (C=O) groups is 2. The van der Waals surface area contributed by atoms with Crippen LogP contribution >= 0.6 is 0 Å². The van der Waals surface area contributed by atoms with Gasteiger partial charge in [-0.15, -0.1) is 0 Å². The zero-order valence-electron chi connectivity index (χ0n) is 13.9. The van der Waals surface area contributed by atoms with Gasteiger partial charge in [-0.2, -0.15) is 0 Å². The minimum atomic E-state index is -0.466. The normalized spacial score (nSPS) is 11.8. The molecule has 0 saturated carbocycles. The molecule has 0 aliphatic heterocycles. The van der Waals surface area contributed by atoms with Gasteiger partial charge in [-0.1, -0.05) is 72.8 Å². The van der Waals surface area contributed by atoms with E-state index < -0.39 is 5.92 Å². The van der Waals surface area contributed by atoms with Crippen LogP contribution in [0.15, 0.2) is 72.8 Å². The quantitative estimate of drug-likeness (QED) is 0.478. The lowest BCUT2D eigenvalue weighted by Crippen LogP contribution is -2.20. The first-order valence-electron chi connectivity index (χ1n) is 8.39. The zero-order valence-corrected chi connectivity index (χ0v) is 13.9. The van der Waals surface area contributed by atoms with E-state index in [9.17, 15) is 9.59 Å². The Labute approximate surface area is 147 Å². The van der Waals surface area contributed by atoms with Crippen molar-refractivity contribution in [3.8, 4) is 0 Å². The SMILES string of the molecule is O=CCC(Cc1cccc2ccccc12)C(=O)OCc1ccccc1. The molecule has 3 rings (SSSR count). The van der Waals surface area contributed by atoms with Crippen LogP contribution in [-0.4, -0.2) is 12.3 Å². The lowest BCUT2D eigenvalue weighted by atomic mass is 9.93. The number of hydrogen-bond acceptors (Lipinski definition) is 3. The van der Waals surface area contributed by atoms with E-state index >= 15 is 0 Å². The molecule has 0 heterocycles. The molecule has 0 aromatic heterocycles. The molecule has 0 aliphatic rings. The van der Waals surface area contributed by atoms with Crippen LogP contribution in [0.4, 0.5) is 0 Å². The fraction of sp³-hybridized carbons (Fsp3) is 0.182. The minimum Gasteiger partial charge on any atom is -0.461 e. The summed E-state index contributed by atoms with van der Waals surface area (Å²) in [5.74, 6) is -0.795. The molecule has 3 aromatic rings. The van der Waals surface area contributed by atoms with E-state index in [0.29, 0.717) is 6.42 Å². The van der Waals surface area contributed by atoms with Gasteiger partial charge in [0.2, 0.25) is 0 Å². The maximum atomic E-state index is 12.5. The number of ether oxygens (including phenoxy) is 1. The van der Waals surface area contributed by atoms with E-state index in [2.05, 4.69) is 0 Å². The second-order valence-electron chi connectivity index (χ2n) is 6.03. The summed E-state index contributed by atoms with van der Waals surface area (Å²) in [6.45, 7) is 0.227. The van der Waals surface area contributed by atoms with Gasteiger partial charge in [0.25, 0.3) is 0 Å². The Hall–Kier alpha value is -2.94. The van der Waals surface area contributed by atoms with Crippen molar-refractivity contribution in [2.75, 3.05) is 0 Å². The number of benzene rings is 3. The highest BCUT2D eigenvalue weighted by atomic mass is 16.5. The van der Waals surface area contributed by atoms with E-state index in [0.717, 1.165) is 28.2 Å². The summed E-state index contributed by atoms with van der Waals surface area (Å²) in [5.41, 5.74) is 1.99. The third-order valence-electron chi connectivity index (χ3n) is 4.28. The second-order valence-corrected chi connectivity index (χ2v) is 6.03. The fourth-order valence-corrected chi connectivity index (χ4v) is 2.96. The Morgan fingerprint density at radius 2 is 1.64 bits per heavy atom. The van der Waals surface area contributed by atoms with Gasteiger partial charge in [0.1, 0.15) is 12.9 Å². The Balaban J connectivity index is 1.74. The van der Waals surface area contributed by atoms with Gasteiger partial charge in [0.15, 0.2) is 0 Å². The van der Waals surface area contributed by atoms with Crippen LogP contribution in [0.2, 0.25) is 0 Å². The van der Waals surface area contributed by atoms with Gasteiger partial charge < -0.3 is 9.53 Å². The van der Waals surface area contributed by atoms with Gasteiger partial charge in [-0.3, -0.25) is 4.79 Å². The number of aldehydes is 1. The highest BCUT2D eigenvalue weighted by Crippen LogP contribution is 2.23. The highest BCUT2D eigenvalue weighted by Gasteiger charge is 2.21. The predicted octanol–water partition coefficient (Wildman–Crippen LogP) is 4.33. The van der Waals surface area contributed by atoms with Gasteiger partial charge in [-0.05, 0) is 28.3 Å². The lowest BCUT2D eigenvalue weighted by Gasteiger charge is -2.15. The molecule has 126 valence electrons. The molecule has 0 saturated heterocycles. The Kier molecular flexibility index (Phi) is 5.57. The maximum Gasteiger partial charge on any atom is 0.310 e. The average molecular weight is 332 g/mol. The monoisotopic (exact) mass is 332 g/mol. The molecule has 0 spiro atoms. The summed E-state index contributed by atoms with van der Waals surface area (Å²) >= 11 is 0. The summed E-state index contributed by atoms with van der Waals surface area (Å²) in [5, 5.41) is 2.24. The van der Waals surface area contributed by atoms with Crippen molar-refractivity contribution < 1.29 is 14.3 Å². The second kappa shape index (κ2) is 8.25. The lowest BCUT2D eigenvalue weighted by molar-refractivity contribution is -0.150. The minimum absolute atomic E-state index is 0.164. The molecule has 25 heavy (non-hydrogen) atoms. The number of esters is 1. The average Bonchev–Trinajstić information content (AvgIpc) is 2.67.